The Kier molecular flexibility index (Phi) is 3.58. The number of imidazole rings is 1. The predicted molar refractivity (Wildman–Crippen MR) is 76.3 cm³/mol. The van der Waals surface area contributed by atoms with Crippen molar-refractivity contribution in [3.8, 4) is 0 Å². The Bertz CT molecular complexity index is 671. The molecule has 0 atom stereocenters. The van der Waals surface area contributed by atoms with Gasteiger partial charge in [0.1, 0.15) is 12.1 Å². The molecule has 0 aliphatic rings. The highest BCUT2D eigenvalue weighted by Crippen LogP contribution is 2.17. The van der Waals surface area contributed by atoms with Crippen molar-refractivity contribution in [3.63, 3.8) is 0 Å². The zero-order valence-electron chi connectivity index (χ0n) is 11.4. The number of rotatable bonds is 6. The summed E-state index contributed by atoms with van der Waals surface area (Å²) in [6.07, 6.45) is 11.2. The summed E-state index contributed by atoms with van der Waals surface area (Å²) in [6, 6.07) is 0. The number of aryl methyl sites for hydroxylation is 2. The summed E-state index contributed by atoms with van der Waals surface area (Å²) in [5.74, 6) is 0.853. The fourth-order valence-electron chi connectivity index (χ4n) is 2.15. The quantitative estimate of drug-likeness (QED) is 0.687. The Balaban J connectivity index is 1.52. The zero-order valence-corrected chi connectivity index (χ0v) is 11.4. The Labute approximate surface area is 116 Å². The lowest BCUT2D eigenvalue weighted by molar-refractivity contribution is 0.621. The average Bonchev–Trinajstić information content (AvgIpc) is 3.09. The van der Waals surface area contributed by atoms with Gasteiger partial charge in [0.15, 0.2) is 5.65 Å². The smallest absolute Gasteiger partial charge is 0.163 e. The van der Waals surface area contributed by atoms with Gasteiger partial charge in [-0.2, -0.15) is 5.10 Å². The predicted octanol–water partition coefficient (Wildman–Crippen LogP) is 1.45. The highest BCUT2D eigenvalue weighted by Gasteiger charge is 2.06. The van der Waals surface area contributed by atoms with Crippen LogP contribution < -0.4 is 5.32 Å². The molecular weight excluding hydrogens is 254 g/mol. The summed E-state index contributed by atoms with van der Waals surface area (Å²) in [5, 5.41) is 8.51. The number of unbranched alkanes of at least 4 members (excludes halogenated alkanes) is 1. The van der Waals surface area contributed by atoms with Crippen molar-refractivity contribution in [2.45, 2.75) is 19.4 Å². The molecule has 0 amide bonds. The molecule has 104 valence electrons. The van der Waals surface area contributed by atoms with E-state index >= 15 is 0 Å². The summed E-state index contributed by atoms with van der Waals surface area (Å²) in [7, 11) is 1.88. The van der Waals surface area contributed by atoms with E-state index in [-0.39, 0.29) is 0 Å². The van der Waals surface area contributed by atoms with Crippen molar-refractivity contribution < 1.29 is 0 Å². The van der Waals surface area contributed by atoms with Crippen LogP contribution in [0, 0.1) is 0 Å². The van der Waals surface area contributed by atoms with E-state index in [4.69, 9.17) is 0 Å². The monoisotopic (exact) mass is 271 g/mol. The maximum atomic E-state index is 4.28. The van der Waals surface area contributed by atoms with E-state index in [9.17, 15) is 0 Å². The van der Waals surface area contributed by atoms with E-state index in [1.54, 1.807) is 23.4 Å². The largest absolute Gasteiger partial charge is 0.369 e. The van der Waals surface area contributed by atoms with E-state index in [1.165, 1.54) is 0 Å². The van der Waals surface area contributed by atoms with Crippen LogP contribution in [0.25, 0.3) is 11.0 Å². The van der Waals surface area contributed by atoms with Gasteiger partial charge in [0.05, 0.1) is 17.9 Å². The van der Waals surface area contributed by atoms with Gasteiger partial charge in [-0.3, -0.25) is 4.68 Å². The lowest BCUT2D eigenvalue weighted by Crippen LogP contribution is -2.06. The van der Waals surface area contributed by atoms with Gasteiger partial charge < -0.3 is 9.88 Å². The van der Waals surface area contributed by atoms with E-state index in [0.717, 1.165) is 42.8 Å². The summed E-state index contributed by atoms with van der Waals surface area (Å²) in [6.45, 7) is 1.88. The highest BCUT2D eigenvalue weighted by molar-refractivity contribution is 5.85. The van der Waals surface area contributed by atoms with E-state index < -0.39 is 0 Å². The van der Waals surface area contributed by atoms with Crippen molar-refractivity contribution in [3.05, 3.63) is 31.2 Å². The van der Waals surface area contributed by atoms with Gasteiger partial charge in [-0.15, -0.1) is 0 Å². The van der Waals surface area contributed by atoms with E-state index in [0.29, 0.717) is 0 Å². The molecule has 0 spiro atoms. The third-order valence-electron chi connectivity index (χ3n) is 3.22. The first-order valence-electron chi connectivity index (χ1n) is 6.67. The van der Waals surface area contributed by atoms with Crippen LogP contribution in [0.3, 0.4) is 0 Å². The van der Waals surface area contributed by atoms with Gasteiger partial charge in [0.25, 0.3) is 0 Å². The van der Waals surface area contributed by atoms with Gasteiger partial charge in [0, 0.05) is 32.5 Å². The van der Waals surface area contributed by atoms with Crippen LogP contribution in [0.15, 0.2) is 31.2 Å². The van der Waals surface area contributed by atoms with Crippen LogP contribution in [0.2, 0.25) is 0 Å². The Morgan fingerprint density at radius 3 is 3.05 bits per heavy atom. The number of nitrogens with one attached hydrogen (secondary N) is 1. The van der Waals surface area contributed by atoms with Gasteiger partial charge in [-0.1, -0.05) is 0 Å². The van der Waals surface area contributed by atoms with Gasteiger partial charge in [-0.25, -0.2) is 15.0 Å². The fraction of sp³-hybridized carbons (Fsp3) is 0.385. The van der Waals surface area contributed by atoms with E-state index in [1.807, 2.05) is 19.6 Å². The van der Waals surface area contributed by atoms with Crippen molar-refractivity contribution >= 4 is 16.9 Å². The molecule has 20 heavy (non-hydrogen) atoms. The Morgan fingerprint density at radius 2 is 2.20 bits per heavy atom. The number of hydrogen-bond acceptors (Lipinski definition) is 5. The van der Waals surface area contributed by atoms with Crippen LogP contribution in [-0.2, 0) is 13.6 Å². The van der Waals surface area contributed by atoms with Crippen LogP contribution in [0.4, 0.5) is 5.82 Å². The third-order valence-corrected chi connectivity index (χ3v) is 3.22. The second-order valence-electron chi connectivity index (χ2n) is 4.66. The molecule has 0 fully saturated rings. The normalized spacial score (nSPS) is 11.1. The second kappa shape index (κ2) is 5.68. The Morgan fingerprint density at radius 1 is 1.25 bits per heavy atom. The summed E-state index contributed by atoms with van der Waals surface area (Å²) in [4.78, 5) is 12.5. The molecule has 7 heteroatoms. The average molecular weight is 271 g/mol. The maximum absolute atomic E-state index is 4.28. The van der Waals surface area contributed by atoms with Crippen molar-refractivity contribution in [1.29, 1.82) is 0 Å². The topological polar surface area (TPSA) is 73.5 Å². The van der Waals surface area contributed by atoms with Crippen molar-refractivity contribution in [2.24, 2.45) is 7.05 Å². The number of aromatic nitrogens is 6. The summed E-state index contributed by atoms with van der Waals surface area (Å²) < 4.78 is 3.84. The number of anilines is 1. The van der Waals surface area contributed by atoms with Crippen LogP contribution in [0.5, 0.6) is 0 Å². The minimum atomic E-state index is 0.848. The number of hydrogen-bond donors (Lipinski definition) is 1. The highest BCUT2D eigenvalue weighted by atomic mass is 15.3. The number of fused-ring (bicyclic) bond motifs is 1. The third kappa shape index (κ3) is 2.61. The molecule has 1 N–H and O–H groups in total. The second-order valence-corrected chi connectivity index (χ2v) is 4.66. The summed E-state index contributed by atoms with van der Waals surface area (Å²) in [5.41, 5.74) is 0.848. The van der Waals surface area contributed by atoms with Gasteiger partial charge in [0.2, 0.25) is 0 Å². The first-order valence-corrected chi connectivity index (χ1v) is 6.67. The van der Waals surface area contributed by atoms with Crippen LogP contribution in [0.1, 0.15) is 12.8 Å². The maximum Gasteiger partial charge on any atom is 0.163 e. The van der Waals surface area contributed by atoms with Crippen molar-refractivity contribution in [1.82, 2.24) is 29.3 Å². The van der Waals surface area contributed by atoms with Crippen LogP contribution >= 0.6 is 0 Å². The molecule has 0 aliphatic carbocycles. The molecule has 0 unspecified atom stereocenters. The first kappa shape index (κ1) is 12.6. The number of nitrogens with zero attached hydrogens (tertiary/aromatic N) is 6. The molecule has 3 aromatic rings. The molecule has 0 bridgehead atoms. The lowest BCUT2D eigenvalue weighted by atomic mass is 10.3. The SMILES string of the molecule is Cn1ncc2c(NCCCCn3ccnc3)ncnc21. The molecule has 3 heterocycles. The molecule has 0 radical (unpaired) electrons. The molecular formula is C13H17N7. The van der Waals surface area contributed by atoms with Crippen molar-refractivity contribution in [2.75, 3.05) is 11.9 Å². The standard InChI is InChI=1S/C13H17N7/c1-19-13-11(8-18-19)12(16-9-17-13)15-4-2-3-6-20-7-5-14-10-20/h5,7-10H,2-4,6H2,1H3,(H,15,16,17). The molecule has 3 rings (SSSR count). The Hall–Kier alpha value is -2.44. The molecule has 3 aromatic heterocycles. The minimum Gasteiger partial charge on any atom is -0.369 e. The first-order chi connectivity index (χ1) is 9.84. The fourth-order valence-corrected chi connectivity index (χ4v) is 2.15. The molecule has 0 aliphatic heterocycles. The van der Waals surface area contributed by atoms with E-state index in [2.05, 4.69) is 29.9 Å². The molecule has 0 saturated carbocycles. The molecule has 7 nitrogen and oxygen atoms in total. The summed E-state index contributed by atoms with van der Waals surface area (Å²) >= 11 is 0. The lowest BCUT2D eigenvalue weighted by Gasteiger charge is -2.06. The molecule has 0 saturated heterocycles. The van der Waals surface area contributed by atoms with Gasteiger partial charge in [-0.05, 0) is 12.8 Å². The van der Waals surface area contributed by atoms with Gasteiger partial charge >= 0.3 is 0 Å². The minimum absolute atomic E-state index is 0.848. The molecule has 0 aromatic carbocycles. The van der Waals surface area contributed by atoms with Crippen LogP contribution in [-0.4, -0.2) is 35.8 Å². The zero-order chi connectivity index (χ0) is 13.8.